The van der Waals surface area contributed by atoms with Gasteiger partial charge in [0.15, 0.2) is 0 Å². The van der Waals surface area contributed by atoms with Crippen molar-refractivity contribution in [1.29, 1.82) is 0 Å². The number of rotatable bonds is 2. The second kappa shape index (κ2) is 6.01. The SMILES string of the molecule is CC1C(N)CCN(C(C)c2ccc(Cl)cc2Cl)C1C. The van der Waals surface area contributed by atoms with Crippen LogP contribution in [-0.4, -0.2) is 23.5 Å². The highest BCUT2D eigenvalue weighted by Crippen LogP contribution is 2.34. The molecule has 1 aromatic rings. The molecule has 1 aromatic carbocycles. The largest absolute Gasteiger partial charge is 0.327 e. The molecule has 106 valence electrons. The van der Waals surface area contributed by atoms with Crippen molar-refractivity contribution >= 4 is 23.2 Å². The Morgan fingerprint density at radius 2 is 2.00 bits per heavy atom. The first-order chi connectivity index (χ1) is 8.91. The van der Waals surface area contributed by atoms with Crippen LogP contribution in [0.4, 0.5) is 0 Å². The van der Waals surface area contributed by atoms with E-state index in [1.807, 2.05) is 18.2 Å². The van der Waals surface area contributed by atoms with Crippen LogP contribution in [0.2, 0.25) is 10.0 Å². The second-order valence-corrected chi connectivity index (χ2v) is 6.48. The van der Waals surface area contributed by atoms with Crippen molar-refractivity contribution in [2.24, 2.45) is 11.7 Å². The maximum absolute atomic E-state index is 6.32. The number of nitrogens with zero attached hydrogens (tertiary/aromatic N) is 1. The van der Waals surface area contributed by atoms with Gasteiger partial charge in [-0.2, -0.15) is 0 Å². The van der Waals surface area contributed by atoms with E-state index in [0.717, 1.165) is 23.6 Å². The number of hydrogen-bond donors (Lipinski definition) is 1. The van der Waals surface area contributed by atoms with Crippen molar-refractivity contribution < 1.29 is 0 Å². The zero-order chi connectivity index (χ0) is 14.2. The standard InChI is InChI=1S/C15H22Cl2N2/c1-9-10(2)19(7-6-15(9)18)11(3)13-5-4-12(16)8-14(13)17/h4-5,8-11,15H,6-7,18H2,1-3H3. The first-order valence-electron chi connectivity index (χ1n) is 6.88. The molecule has 1 saturated heterocycles. The number of piperidine rings is 1. The smallest absolute Gasteiger partial charge is 0.0468 e. The van der Waals surface area contributed by atoms with Gasteiger partial charge in [0.2, 0.25) is 0 Å². The van der Waals surface area contributed by atoms with Crippen molar-refractivity contribution in [3.8, 4) is 0 Å². The maximum atomic E-state index is 6.32. The molecule has 19 heavy (non-hydrogen) atoms. The summed E-state index contributed by atoms with van der Waals surface area (Å²) in [6, 6.07) is 6.81. The minimum Gasteiger partial charge on any atom is -0.327 e. The van der Waals surface area contributed by atoms with Gasteiger partial charge >= 0.3 is 0 Å². The Kier molecular flexibility index (Phi) is 4.78. The van der Waals surface area contributed by atoms with E-state index in [2.05, 4.69) is 25.7 Å². The quantitative estimate of drug-likeness (QED) is 0.890. The maximum Gasteiger partial charge on any atom is 0.0468 e. The third-order valence-corrected chi connectivity index (χ3v) is 5.15. The Hall–Kier alpha value is -0.280. The fourth-order valence-corrected chi connectivity index (χ4v) is 3.56. The number of benzene rings is 1. The van der Waals surface area contributed by atoms with Crippen LogP contribution in [0.1, 0.15) is 38.8 Å². The van der Waals surface area contributed by atoms with Gasteiger partial charge in [0.25, 0.3) is 0 Å². The predicted molar refractivity (Wildman–Crippen MR) is 82.8 cm³/mol. The fraction of sp³-hybridized carbons (Fsp3) is 0.600. The molecule has 1 aliphatic heterocycles. The molecule has 1 fully saturated rings. The van der Waals surface area contributed by atoms with Crippen LogP contribution >= 0.6 is 23.2 Å². The van der Waals surface area contributed by atoms with Gasteiger partial charge in [0, 0.05) is 34.7 Å². The van der Waals surface area contributed by atoms with E-state index >= 15 is 0 Å². The highest BCUT2D eigenvalue weighted by molar-refractivity contribution is 6.35. The minimum absolute atomic E-state index is 0.287. The van der Waals surface area contributed by atoms with Gasteiger partial charge in [-0.1, -0.05) is 36.2 Å². The van der Waals surface area contributed by atoms with Crippen LogP contribution < -0.4 is 5.73 Å². The predicted octanol–water partition coefficient (Wildman–Crippen LogP) is 4.11. The van der Waals surface area contributed by atoms with E-state index in [-0.39, 0.29) is 6.04 Å². The summed E-state index contributed by atoms with van der Waals surface area (Å²) < 4.78 is 0. The third-order valence-electron chi connectivity index (χ3n) is 4.59. The van der Waals surface area contributed by atoms with Crippen LogP contribution in [0.5, 0.6) is 0 Å². The van der Waals surface area contributed by atoms with Crippen molar-refractivity contribution in [3.05, 3.63) is 33.8 Å². The van der Waals surface area contributed by atoms with Crippen LogP contribution in [0.25, 0.3) is 0 Å². The van der Waals surface area contributed by atoms with E-state index in [1.54, 1.807) is 0 Å². The average Bonchev–Trinajstić information content (AvgIpc) is 2.35. The van der Waals surface area contributed by atoms with Gasteiger partial charge in [0.1, 0.15) is 0 Å². The van der Waals surface area contributed by atoms with E-state index in [9.17, 15) is 0 Å². The molecule has 4 unspecified atom stereocenters. The highest BCUT2D eigenvalue weighted by Gasteiger charge is 2.33. The molecule has 0 radical (unpaired) electrons. The second-order valence-electron chi connectivity index (χ2n) is 5.63. The molecular weight excluding hydrogens is 279 g/mol. The molecule has 0 saturated carbocycles. The number of halogens is 2. The summed E-state index contributed by atoms with van der Waals surface area (Å²) in [6.07, 6.45) is 1.04. The van der Waals surface area contributed by atoms with Gasteiger partial charge in [-0.15, -0.1) is 0 Å². The lowest BCUT2D eigenvalue weighted by Crippen LogP contribution is -2.52. The lowest BCUT2D eigenvalue weighted by Gasteiger charge is -2.44. The average molecular weight is 301 g/mol. The molecule has 4 heteroatoms. The molecule has 0 bridgehead atoms. The zero-order valence-corrected chi connectivity index (χ0v) is 13.2. The molecule has 0 amide bonds. The van der Waals surface area contributed by atoms with Crippen LogP contribution in [-0.2, 0) is 0 Å². The van der Waals surface area contributed by atoms with E-state index < -0.39 is 0 Å². The number of likely N-dealkylation sites (tertiary alicyclic amines) is 1. The Bertz CT molecular complexity index is 450. The molecule has 2 N–H and O–H groups in total. The molecule has 0 aromatic heterocycles. The van der Waals surface area contributed by atoms with Crippen molar-refractivity contribution in [2.75, 3.05) is 6.54 Å². The van der Waals surface area contributed by atoms with Crippen molar-refractivity contribution in [2.45, 2.75) is 45.3 Å². The minimum atomic E-state index is 0.287. The molecule has 1 heterocycles. The Labute approximate surface area is 125 Å². The number of nitrogens with two attached hydrogens (primary N) is 1. The van der Waals surface area contributed by atoms with Gasteiger partial charge in [-0.05, 0) is 43.9 Å². The van der Waals surface area contributed by atoms with Gasteiger partial charge in [0.05, 0.1) is 0 Å². The summed E-state index contributed by atoms with van der Waals surface area (Å²) in [6.45, 7) is 7.71. The summed E-state index contributed by atoms with van der Waals surface area (Å²) in [5, 5.41) is 1.43. The highest BCUT2D eigenvalue weighted by atomic mass is 35.5. The molecule has 4 atom stereocenters. The fourth-order valence-electron chi connectivity index (χ4n) is 2.99. The van der Waals surface area contributed by atoms with Crippen molar-refractivity contribution in [3.63, 3.8) is 0 Å². The molecular formula is C15H22Cl2N2. The van der Waals surface area contributed by atoms with E-state index in [1.165, 1.54) is 0 Å². The summed E-state index contributed by atoms with van der Waals surface area (Å²) in [5.74, 6) is 0.502. The summed E-state index contributed by atoms with van der Waals surface area (Å²) in [5.41, 5.74) is 7.29. The van der Waals surface area contributed by atoms with Crippen LogP contribution in [0.15, 0.2) is 18.2 Å². The first-order valence-corrected chi connectivity index (χ1v) is 7.63. The molecule has 0 aliphatic carbocycles. The topological polar surface area (TPSA) is 29.3 Å². The summed E-state index contributed by atoms with van der Waals surface area (Å²) in [4.78, 5) is 2.49. The molecule has 2 rings (SSSR count). The van der Waals surface area contributed by atoms with Crippen LogP contribution in [0, 0.1) is 5.92 Å². The Morgan fingerprint density at radius 1 is 1.32 bits per heavy atom. The van der Waals surface area contributed by atoms with Crippen LogP contribution in [0.3, 0.4) is 0 Å². The summed E-state index contributed by atoms with van der Waals surface area (Å²) >= 11 is 12.3. The monoisotopic (exact) mass is 300 g/mol. The zero-order valence-electron chi connectivity index (χ0n) is 11.7. The lowest BCUT2D eigenvalue weighted by atomic mass is 9.86. The van der Waals surface area contributed by atoms with E-state index in [4.69, 9.17) is 28.9 Å². The normalized spacial score (nSPS) is 30.3. The van der Waals surface area contributed by atoms with Gasteiger partial charge < -0.3 is 5.73 Å². The molecule has 1 aliphatic rings. The van der Waals surface area contributed by atoms with E-state index in [0.29, 0.717) is 23.0 Å². The number of hydrogen-bond acceptors (Lipinski definition) is 2. The van der Waals surface area contributed by atoms with Gasteiger partial charge in [-0.25, -0.2) is 0 Å². The summed E-state index contributed by atoms with van der Waals surface area (Å²) in [7, 11) is 0. The molecule has 2 nitrogen and oxygen atoms in total. The van der Waals surface area contributed by atoms with Gasteiger partial charge in [-0.3, -0.25) is 4.90 Å². The Balaban J connectivity index is 2.21. The molecule has 0 spiro atoms. The third kappa shape index (κ3) is 3.08. The lowest BCUT2D eigenvalue weighted by molar-refractivity contribution is 0.0627. The first kappa shape index (κ1) is 15.1. The van der Waals surface area contributed by atoms with Crippen molar-refractivity contribution in [1.82, 2.24) is 4.90 Å². The Morgan fingerprint density at radius 3 is 2.63 bits per heavy atom.